The maximum atomic E-state index is 12.6. The third kappa shape index (κ3) is 9.86. The molecule has 1 unspecified atom stereocenters. The third-order valence-corrected chi connectivity index (χ3v) is 5.56. The lowest BCUT2D eigenvalue weighted by Gasteiger charge is -2.19. The van der Waals surface area contributed by atoms with E-state index in [0.717, 1.165) is 11.1 Å². The Morgan fingerprint density at radius 1 is 0.850 bits per heavy atom. The molecule has 0 aliphatic carbocycles. The van der Waals surface area contributed by atoms with Gasteiger partial charge in [0.05, 0.1) is 19.0 Å². The number of carbonyl (C=O) groups excluding carboxylic acids is 4. The van der Waals surface area contributed by atoms with E-state index in [0.29, 0.717) is 24.3 Å². The molecule has 0 saturated heterocycles. The number of benzene rings is 2. The predicted octanol–water partition coefficient (Wildman–Crippen LogP) is 3.94. The number of hydrogen-bond acceptors (Lipinski definition) is 7. The fraction of sp³-hybridized carbons (Fsp3) is 0.250. The molecule has 3 rings (SSSR count). The summed E-state index contributed by atoms with van der Waals surface area (Å²) < 4.78 is 41.4. The van der Waals surface area contributed by atoms with Gasteiger partial charge in [-0.25, -0.2) is 9.78 Å². The lowest BCUT2D eigenvalue weighted by molar-refractivity contribution is -0.202. The van der Waals surface area contributed by atoms with Crippen LogP contribution in [0, 0.1) is 0 Å². The molecular formula is C28H27F3N4O5. The molecule has 1 heterocycles. The number of rotatable bonds is 12. The largest absolute Gasteiger partial charge is 0.491 e. The van der Waals surface area contributed by atoms with E-state index < -0.39 is 48.9 Å². The van der Waals surface area contributed by atoms with Crippen molar-refractivity contribution in [3.05, 3.63) is 84.6 Å². The van der Waals surface area contributed by atoms with Crippen molar-refractivity contribution >= 4 is 29.6 Å². The summed E-state index contributed by atoms with van der Waals surface area (Å²) in [5.41, 5.74) is 2.12. The number of hydrogen-bond donors (Lipinski definition) is 3. The second-order valence-corrected chi connectivity index (χ2v) is 8.59. The zero-order valence-electron chi connectivity index (χ0n) is 21.2. The predicted molar refractivity (Wildman–Crippen MR) is 140 cm³/mol. The minimum atomic E-state index is -5.34. The second kappa shape index (κ2) is 14.4. The fourth-order valence-electron chi connectivity index (χ4n) is 3.61. The van der Waals surface area contributed by atoms with E-state index in [-0.39, 0.29) is 6.42 Å². The Morgan fingerprint density at radius 2 is 1.52 bits per heavy atom. The molecule has 0 saturated carbocycles. The first-order chi connectivity index (χ1) is 19.1. The number of nitrogens with one attached hydrogen (secondary N) is 3. The van der Waals surface area contributed by atoms with Gasteiger partial charge >= 0.3 is 18.1 Å². The quantitative estimate of drug-likeness (QED) is 0.175. The number of halogens is 3. The van der Waals surface area contributed by atoms with Crippen LogP contribution in [-0.2, 0) is 23.9 Å². The highest BCUT2D eigenvalue weighted by molar-refractivity contribution is 5.89. The van der Waals surface area contributed by atoms with Crippen LogP contribution >= 0.6 is 0 Å². The molecule has 3 N–H and O–H groups in total. The van der Waals surface area contributed by atoms with Gasteiger partial charge in [0.25, 0.3) is 0 Å². The maximum Gasteiger partial charge on any atom is 0.491 e. The number of esters is 2. The number of ether oxygens (including phenoxy) is 1. The summed E-state index contributed by atoms with van der Waals surface area (Å²) in [6.07, 6.45) is -3.86. The summed E-state index contributed by atoms with van der Waals surface area (Å²) in [6.45, 7) is 0.0536. The Hall–Kier alpha value is -4.74. The number of pyridine rings is 1. The van der Waals surface area contributed by atoms with E-state index >= 15 is 0 Å². The maximum absolute atomic E-state index is 12.6. The van der Waals surface area contributed by atoms with Crippen molar-refractivity contribution < 1.29 is 37.1 Å². The van der Waals surface area contributed by atoms with Gasteiger partial charge in [-0.2, -0.15) is 13.2 Å². The average Bonchev–Trinajstić information content (AvgIpc) is 2.94. The first-order valence-electron chi connectivity index (χ1n) is 12.3. The monoisotopic (exact) mass is 556 g/mol. The molecule has 0 fully saturated rings. The number of aromatic nitrogens is 1. The van der Waals surface area contributed by atoms with Gasteiger partial charge in [-0.15, -0.1) is 0 Å². The standard InChI is InChI=1S/C28H27F3N4O5/c29-28(30,31)27(39)40-26(38)17-22(21-13-11-20(12-14-21)19-7-2-1-3-8-19)35-25(37)18-34-24(36)10-6-16-33-23-9-4-5-15-32-23/h1-5,7-9,11-15,22H,6,10,16-18H2,(H,32,33)(H,34,36)(H,35,37). The number of anilines is 1. The van der Waals surface area contributed by atoms with E-state index in [1.807, 2.05) is 36.4 Å². The average molecular weight is 557 g/mol. The molecule has 0 aliphatic rings. The lowest BCUT2D eigenvalue weighted by Crippen LogP contribution is -2.39. The van der Waals surface area contributed by atoms with Crippen LogP contribution in [0.25, 0.3) is 11.1 Å². The Bertz CT molecular complexity index is 1290. The van der Waals surface area contributed by atoms with Gasteiger partial charge in [-0.05, 0) is 35.2 Å². The molecule has 9 nitrogen and oxygen atoms in total. The van der Waals surface area contributed by atoms with Crippen molar-refractivity contribution in [3.63, 3.8) is 0 Å². The van der Waals surface area contributed by atoms with Crippen molar-refractivity contribution in [2.24, 2.45) is 0 Å². The smallest absolute Gasteiger partial charge is 0.386 e. The first kappa shape index (κ1) is 29.8. The van der Waals surface area contributed by atoms with E-state index in [4.69, 9.17) is 0 Å². The van der Waals surface area contributed by atoms with E-state index in [9.17, 15) is 32.3 Å². The molecule has 3 aromatic rings. The highest BCUT2D eigenvalue weighted by Gasteiger charge is 2.42. The summed E-state index contributed by atoms with van der Waals surface area (Å²) in [6, 6.07) is 20.2. The van der Waals surface area contributed by atoms with Gasteiger partial charge in [0.1, 0.15) is 5.82 Å². The van der Waals surface area contributed by atoms with Crippen LogP contribution in [0.15, 0.2) is 79.0 Å². The van der Waals surface area contributed by atoms with Gasteiger partial charge in [0, 0.05) is 19.2 Å². The van der Waals surface area contributed by atoms with Gasteiger partial charge in [0.15, 0.2) is 0 Å². The van der Waals surface area contributed by atoms with E-state index in [2.05, 4.69) is 25.7 Å². The van der Waals surface area contributed by atoms with Crippen molar-refractivity contribution in [2.45, 2.75) is 31.5 Å². The zero-order valence-corrected chi connectivity index (χ0v) is 21.2. The summed E-state index contributed by atoms with van der Waals surface area (Å²) in [7, 11) is 0. The van der Waals surface area contributed by atoms with E-state index in [1.165, 1.54) is 0 Å². The van der Waals surface area contributed by atoms with E-state index in [1.54, 1.807) is 42.6 Å². The molecule has 0 spiro atoms. The number of carbonyl (C=O) groups is 4. The molecule has 2 aromatic carbocycles. The molecule has 40 heavy (non-hydrogen) atoms. The molecule has 2 amide bonds. The summed E-state index contributed by atoms with van der Waals surface area (Å²) in [5.74, 6) is -4.53. The van der Waals surface area contributed by atoms with Crippen LogP contribution < -0.4 is 16.0 Å². The number of nitrogens with zero attached hydrogens (tertiary/aromatic N) is 1. The summed E-state index contributed by atoms with van der Waals surface area (Å²) >= 11 is 0. The topological polar surface area (TPSA) is 126 Å². The minimum Gasteiger partial charge on any atom is -0.386 e. The zero-order chi connectivity index (χ0) is 29.0. The van der Waals surface area contributed by atoms with Crippen LogP contribution in [0.5, 0.6) is 0 Å². The van der Waals surface area contributed by atoms with Crippen LogP contribution in [-0.4, -0.2) is 48.0 Å². The Balaban J connectivity index is 1.57. The molecular weight excluding hydrogens is 529 g/mol. The van der Waals surface area contributed by atoms with Crippen molar-refractivity contribution in [1.82, 2.24) is 15.6 Å². The van der Waals surface area contributed by atoms with Gasteiger partial charge in [-0.3, -0.25) is 14.4 Å². The van der Waals surface area contributed by atoms with Crippen molar-refractivity contribution in [1.29, 1.82) is 0 Å². The highest BCUT2D eigenvalue weighted by atomic mass is 19.4. The molecule has 0 aliphatic heterocycles. The molecule has 0 bridgehead atoms. The third-order valence-electron chi connectivity index (χ3n) is 5.56. The SMILES string of the molecule is O=C(CCCNc1ccccn1)NCC(=O)NC(CC(=O)OC(=O)C(F)(F)F)c1ccc(-c2ccccc2)cc1. The molecule has 12 heteroatoms. The lowest BCUT2D eigenvalue weighted by atomic mass is 9.99. The molecule has 210 valence electrons. The summed E-state index contributed by atoms with van der Waals surface area (Å²) in [5, 5.41) is 8.03. The summed E-state index contributed by atoms with van der Waals surface area (Å²) in [4.78, 5) is 51.9. The van der Waals surface area contributed by atoms with Crippen LogP contribution in [0.4, 0.5) is 19.0 Å². The second-order valence-electron chi connectivity index (χ2n) is 8.59. The van der Waals surface area contributed by atoms with Crippen molar-refractivity contribution in [2.75, 3.05) is 18.4 Å². The molecule has 0 radical (unpaired) electrons. The first-order valence-corrected chi connectivity index (χ1v) is 12.3. The molecule has 1 aromatic heterocycles. The molecule has 1 atom stereocenters. The fourth-order valence-corrected chi connectivity index (χ4v) is 3.61. The Morgan fingerprint density at radius 3 is 2.17 bits per heavy atom. The van der Waals surface area contributed by atoms with Crippen LogP contribution in [0.1, 0.15) is 30.9 Å². The van der Waals surface area contributed by atoms with Crippen LogP contribution in [0.2, 0.25) is 0 Å². The van der Waals surface area contributed by atoms with Crippen LogP contribution in [0.3, 0.4) is 0 Å². The Labute approximate surface area is 228 Å². The normalized spacial score (nSPS) is 11.7. The van der Waals surface area contributed by atoms with Gasteiger partial charge in [-0.1, -0.05) is 60.7 Å². The Kier molecular flexibility index (Phi) is 10.7. The van der Waals surface area contributed by atoms with Crippen molar-refractivity contribution in [3.8, 4) is 11.1 Å². The number of alkyl halides is 3. The highest BCUT2D eigenvalue weighted by Crippen LogP contribution is 2.24. The number of amides is 2. The minimum absolute atomic E-state index is 0.128. The van der Waals surface area contributed by atoms with Gasteiger partial charge in [0.2, 0.25) is 11.8 Å². The van der Waals surface area contributed by atoms with Gasteiger partial charge < -0.3 is 20.7 Å².